The Morgan fingerprint density at radius 1 is 1.17 bits per heavy atom. The minimum absolute atomic E-state index is 0. The number of unbranched alkanes of at least 4 members (excludes halogenated alkanes) is 3. The molecule has 8 nitrogen and oxygen atoms in total. The number of rotatable bonds is 12. The van der Waals surface area contributed by atoms with Gasteiger partial charge in [-0.2, -0.15) is 8.42 Å². The number of esters is 2. The summed E-state index contributed by atoms with van der Waals surface area (Å²) in [5.74, 6) is -2.46. The van der Waals surface area contributed by atoms with Crippen molar-refractivity contribution in [2.75, 3.05) is 19.0 Å². The quantitative estimate of drug-likeness (QED) is 0.231. The topological polar surface area (TPSA) is 142 Å². The van der Waals surface area contributed by atoms with Gasteiger partial charge in [-0.3, -0.25) is 9.35 Å². The third-order valence-corrected chi connectivity index (χ3v) is 3.74. The second kappa shape index (κ2) is 13.9. The van der Waals surface area contributed by atoms with E-state index in [0.717, 1.165) is 25.7 Å². The average Bonchev–Trinajstić information content (AvgIpc) is 2.45. The van der Waals surface area contributed by atoms with Crippen LogP contribution in [0.25, 0.3) is 0 Å². The van der Waals surface area contributed by atoms with Gasteiger partial charge >= 0.3 is 11.9 Å². The fraction of sp³-hybridized carbons (Fsp3) is 0.733. The van der Waals surface area contributed by atoms with E-state index in [2.05, 4.69) is 6.92 Å². The Kier molecular flexibility index (Phi) is 14.4. The molecule has 0 aliphatic heterocycles. The van der Waals surface area contributed by atoms with Crippen LogP contribution in [0, 0.1) is 5.92 Å². The highest BCUT2D eigenvalue weighted by atomic mass is 32.2. The van der Waals surface area contributed by atoms with Crippen molar-refractivity contribution in [1.29, 1.82) is 0 Å². The third kappa shape index (κ3) is 14.2. The Labute approximate surface area is 143 Å². The first-order chi connectivity index (χ1) is 10.8. The summed E-state index contributed by atoms with van der Waals surface area (Å²) in [7, 11) is -4.17. The van der Waals surface area contributed by atoms with E-state index in [-0.39, 0.29) is 12.8 Å². The Morgan fingerprint density at radius 2 is 1.83 bits per heavy atom. The first-order valence-corrected chi connectivity index (χ1v) is 9.32. The molecule has 1 atom stereocenters. The molecule has 0 heterocycles. The molecule has 0 spiro atoms. The van der Waals surface area contributed by atoms with E-state index in [1.807, 2.05) is 0 Å². The van der Waals surface area contributed by atoms with Gasteiger partial charge in [-0.25, -0.2) is 4.79 Å². The van der Waals surface area contributed by atoms with E-state index < -0.39 is 40.3 Å². The van der Waals surface area contributed by atoms with Crippen molar-refractivity contribution in [2.45, 2.75) is 46.0 Å². The van der Waals surface area contributed by atoms with Gasteiger partial charge in [0, 0.05) is 6.08 Å². The van der Waals surface area contributed by atoms with Crippen molar-refractivity contribution in [3.63, 3.8) is 0 Å². The molecule has 4 N–H and O–H groups in total. The molecule has 9 heteroatoms. The van der Waals surface area contributed by atoms with Gasteiger partial charge in [0.25, 0.3) is 10.1 Å². The Bertz CT molecular complexity index is 488. The predicted molar refractivity (Wildman–Crippen MR) is 90.4 cm³/mol. The van der Waals surface area contributed by atoms with Gasteiger partial charge in [-0.05, 0) is 13.3 Å². The minimum atomic E-state index is -4.17. The molecule has 142 valence electrons. The van der Waals surface area contributed by atoms with Gasteiger partial charge < -0.3 is 15.6 Å². The molecule has 0 aromatic carbocycles. The SMILES string of the molecule is CC=CC(=O)OCC(CCCCCC)C(=O)OCCS(=O)(=O)O.N. The van der Waals surface area contributed by atoms with E-state index in [1.54, 1.807) is 6.92 Å². The van der Waals surface area contributed by atoms with Crippen LogP contribution in [0.2, 0.25) is 0 Å². The van der Waals surface area contributed by atoms with Crippen LogP contribution < -0.4 is 6.15 Å². The molecule has 0 fully saturated rings. The summed E-state index contributed by atoms with van der Waals surface area (Å²) >= 11 is 0. The number of carbonyl (C=O) groups excluding carboxylic acids is 2. The first-order valence-electron chi connectivity index (χ1n) is 7.71. The zero-order chi connectivity index (χ0) is 17.7. The van der Waals surface area contributed by atoms with Crippen LogP contribution in [0.15, 0.2) is 12.2 Å². The maximum Gasteiger partial charge on any atom is 0.330 e. The standard InChI is InChI=1S/C15H26O7S.H3N/c1-3-5-6-7-9-13(12-22-14(16)8-4-2)15(17)21-10-11-23(18,19)20;/h4,8,13H,3,5-7,9-12H2,1-2H3,(H,18,19,20);1H3. The summed E-state index contributed by atoms with van der Waals surface area (Å²) in [5, 5.41) is 0. The van der Waals surface area contributed by atoms with Gasteiger partial charge in [-0.1, -0.05) is 38.7 Å². The van der Waals surface area contributed by atoms with Crippen LogP contribution >= 0.6 is 0 Å². The lowest BCUT2D eigenvalue weighted by atomic mass is 10.0. The van der Waals surface area contributed by atoms with E-state index in [1.165, 1.54) is 12.2 Å². The zero-order valence-corrected chi connectivity index (χ0v) is 15.2. The number of carbonyl (C=O) groups is 2. The Morgan fingerprint density at radius 3 is 2.38 bits per heavy atom. The maximum absolute atomic E-state index is 12.0. The molecule has 0 aliphatic carbocycles. The molecule has 1 unspecified atom stereocenters. The fourth-order valence-electron chi connectivity index (χ4n) is 1.82. The van der Waals surface area contributed by atoms with Crippen molar-refractivity contribution in [3.8, 4) is 0 Å². The number of allylic oxidation sites excluding steroid dienone is 1. The van der Waals surface area contributed by atoms with Gasteiger partial charge in [0.15, 0.2) is 0 Å². The van der Waals surface area contributed by atoms with E-state index in [0.29, 0.717) is 6.42 Å². The number of hydrogen-bond acceptors (Lipinski definition) is 7. The fourth-order valence-corrected chi connectivity index (χ4v) is 2.11. The summed E-state index contributed by atoms with van der Waals surface area (Å²) in [4.78, 5) is 23.3. The van der Waals surface area contributed by atoms with Crippen LogP contribution in [-0.2, 0) is 29.2 Å². The first kappa shape index (κ1) is 24.8. The van der Waals surface area contributed by atoms with Crippen LogP contribution in [0.4, 0.5) is 0 Å². The molecule has 0 rings (SSSR count). The van der Waals surface area contributed by atoms with E-state index in [9.17, 15) is 18.0 Å². The molecule has 24 heavy (non-hydrogen) atoms. The highest BCUT2D eigenvalue weighted by molar-refractivity contribution is 7.85. The highest BCUT2D eigenvalue weighted by Gasteiger charge is 2.22. The van der Waals surface area contributed by atoms with E-state index >= 15 is 0 Å². The zero-order valence-electron chi connectivity index (χ0n) is 14.4. The van der Waals surface area contributed by atoms with Crippen LogP contribution in [-0.4, -0.2) is 43.9 Å². The second-order valence-electron chi connectivity index (χ2n) is 5.13. The van der Waals surface area contributed by atoms with Crippen LogP contribution in [0.3, 0.4) is 0 Å². The lowest BCUT2D eigenvalue weighted by Crippen LogP contribution is -2.26. The summed E-state index contributed by atoms with van der Waals surface area (Å²) < 4.78 is 39.6. The second-order valence-corrected chi connectivity index (χ2v) is 6.70. The molecule has 0 aromatic heterocycles. The highest BCUT2D eigenvalue weighted by Crippen LogP contribution is 2.14. The molecule has 0 aliphatic rings. The molecular weight excluding hydrogens is 338 g/mol. The minimum Gasteiger partial charge on any atom is -0.464 e. The lowest BCUT2D eigenvalue weighted by Gasteiger charge is -2.15. The number of hydrogen-bond donors (Lipinski definition) is 2. The molecule has 0 aromatic rings. The van der Waals surface area contributed by atoms with Gasteiger partial charge in [0.2, 0.25) is 0 Å². The molecule has 0 amide bonds. The number of ether oxygens (including phenoxy) is 2. The van der Waals surface area contributed by atoms with Crippen molar-refractivity contribution >= 4 is 22.1 Å². The van der Waals surface area contributed by atoms with Crippen LogP contribution in [0.1, 0.15) is 46.0 Å². The smallest absolute Gasteiger partial charge is 0.330 e. The monoisotopic (exact) mass is 367 g/mol. The van der Waals surface area contributed by atoms with Crippen molar-refractivity contribution < 1.29 is 32.0 Å². The van der Waals surface area contributed by atoms with Crippen molar-refractivity contribution in [1.82, 2.24) is 6.15 Å². The molecular formula is C15H29NO7S. The van der Waals surface area contributed by atoms with Gasteiger partial charge in [-0.15, -0.1) is 0 Å². The average molecular weight is 367 g/mol. The Balaban J connectivity index is 0. The summed E-state index contributed by atoms with van der Waals surface area (Å²) in [6.07, 6.45) is 7.11. The summed E-state index contributed by atoms with van der Waals surface area (Å²) in [6, 6.07) is 0. The van der Waals surface area contributed by atoms with Crippen molar-refractivity contribution in [3.05, 3.63) is 12.2 Å². The molecule has 0 saturated heterocycles. The largest absolute Gasteiger partial charge is 0.464 e. The van der Waals surface area contributed by atoms with E-state index in [4.69, 9.17) is 14.0 Å². The van der Waals surface area contributed by atoms with Crippen LogP contribution in [0.5, 0.6) is 0 Å². The summed E-state index contributed by atoms with van der Waals surface area (Å²) in [5.41, 5.74) is 0. The summed E-state index contributed by atoms with van der Waals surface area (Å²) in [6.45, 7) is 3.21. The van der Waals surface area contributed by atoms with Gasteiger partial charge in [0.05, 0.1) is 5.92 Å². The lowest BCUT2D eigenvalue weighted by molar-refractivity contribution is -0.153. The molecule has 0 saturated carbocycles. The predicted octanol–water partition coefficient (Wildman–Crippen LogP) is 2.29. The normalized spacial score (nSPS) is 12.5. The Hall–Kier alpha value is -1.45. The molecule has 0 radical (unpaired) electrons. The third-order valence-electron chi connectivity index (χ3n) is 3.05. The molecule has 0 bridgehead atoms. The van der Waals surface area contributed by atoms with Crippen molar-refractivity contribution in [2.24, 2.45) is 5.92 Å². The maximum atomic E-state index is 12.0. The van der Waals surface area contributed by atoms with Gasteiger partial charge in [0.1, 0.15) is 19.0 Å².